The van der Waals surface area contributed by atoms with Gasteiger partial charge in [0, 0.05) is 17.4 Å². The number of rotatable bonds is 2. The number of aromatic nitrogens is 1. The molecule has 1 aromatic heterocycles. The molecule has 0 amide bonds. The minimum Gasteiger partial charge on any atom is -0.507 e. The molecule has 3 heteroatoms. The topological polar surface area (TPSA) is 42.4 Å². The van der Waals surface area contributed by atoms with Gasteiger partial charge in [0.1, 0.15) is 11.4 Å². The lowest BCUT2D eigenvalue weighted by molar-refractivity contribution is -0.0191. The normalized spacial score (nSPS) is 30.9. The van der Waals surface area contributed by atoms with E-state index in [-0.39, 0.29) is 11.0 Å². The molecule has 0 spiro atoms. The molecule has 1 N–H and O–H groups in total. The SMILES string of the molecule is C[C@@H]1CC[C@H]2[C@@H](C1)c1c(O)cc(C(C)(C)C3CCCCC3)nc1OC2(C)C. The molecule has 3 aliphatic rings. The van der Waals surface area contributed by atoms with Crippen LogP contribution in [-0.2, 0) is 5.41 Å². The first kappa shape index (κ1) is 19.1. The molecule has 0 bridgehead atoms. The Morgan fingerprint density at radius 3 is 2.52 bits per heavy atom. The van der Waals surface area contributed by atoms with Gasteiger partial charge in [-0.2, -0.15) is 0 Å². The first-order chi connectivity index (χ1) is 12.7. The van der Waals surface area contributed by atoms with E-state index in [0.29, 0.717) is 35.3 Å². The highest BCUT2D eigenvalue weighted by Gasteiger charge is 2.48. The van der Waals surface area contributed by atoms with Crippen molar-refractivity contribution >= 4 is 0 Å². The van der Waals surface area contributed by atoms with Gasteiger partial charge in [0.25, 0.3) is 0 Å². The Morgan fingerprint density at radius 2 is 1.81 bits per heavy atom. The maximum absolute atomic E-state index is 11.1. The Morgan fingerprint density at radius 1 is 1.11 bits per heavy atom. The standard InChI is InChI=1S/C24H37NO2/c1-15-11-12-18-17(13-15)21-19(26)14-20(25-22(21)27-24(18,4)5)23(2,3)16-9-7-6-8-10-16/h14-18H,6-13H2,1-5H3,(H,25,26)/t15-,17-,18+/m1/s1. The zero-order valence-electron chi connectivity index (χ0n) is 17.8. The van der Waals surface area contributed by atoms with Crippen molar-refractivity contribution < 1.29 is 9.84 Å². The van der Waals surface area contributed by atoms with Crippen molar-refractivity contribution in [3.8, 4) is 11.6 Å². The number of fused-ring (bicyclic) bond motifs is 3. The van der Waals surface area contributed by atoms with Gasteiger partial charge in [-0.3, -0.25) is 0 Å². The van der Waals surface area contributed by atoms with E-state index in [9.17, 15) is 5.11 Å². The average Bonchev–Trinajstić information content (AvgIpc) is 2.61. The summed E-state index contributed by atoms with van der Waals surface area (Å²) in [5, 5.41) is 11.1. The van der Waals surface area contributed by atoms with Crippen LogP contribution in [0.3, 0.4) is 0 Å². The second-order valence-electron chi connectivity index (χ2n) is 10.6. The molecule has 4 rings (SSSR count). The Balaban J connectivity index is 1.74. The van der Waals surface area contributed by atoms with Crippen LogP contribution in [0, 0.1) is 17.8 Å². The molecule has 1 aromatic rings. The lowest BCUT2D eigenvalue weighted by atomic mass is 9.64. The summed E-state index contributed by atoms with van der Waals surface area (Å²) in [5.74, 6) is 3.28. The summed E-state index contributed by atoms with van der Waals surface area (Å²) < 4.78 is 6.46. The number of ether oxygens (including phenoxy) is 1. The first-order valence-electron chi connectivity index (χ1n) is 11.1. The van der Waals surface area contributed by atoms with Crippen molar-refractivity contribution in [2.45, 2.75) is 103 Å². The maximum Gasteiger partial charge on any atom is 0.221 e. The third-order valence-electron chi connectivity index (χ3n) is 8.02. The van der Waals surface area contributed by atoms with Crippen LogP contribution in [0.1, 0.15) is 103 Å². The second-order valence-corrected chi connectivity index (χ2v) is 10.6. The Kier molecular flexibility index (Phi) is 4.71. The van der Waals surface area contributed by atoms with Crippen molar-refractivity contribution in [3.05, 3.63) is 17.3 Å². The van der Waals surface area contributed by atoms with Crippen molar-refractivity contribution in [1.82, 2.24) is 4.98 Å². The fraction of sp³-hybridized carbons (Fsp3) is 0.792. The van der Waals surface area contributed by atoms with E-state index in [2.05, 4.69) is 34.6 Å². The fourth-order valence-corrected chi connectivity index (χ4v) is 6.17. The highest BCUT2D eigenvalue weighted by Crippen LogP contribution is 2.55. The monoisotopic (exact) mass is 371 g/mol. The number of pyridine rings is 1. The second kappa shape index (κ2) is 6.67. The van der Waals surface area contributed by atoms with Crippen LogP contribution in [-0.4, -0.2) is 15.7 Å². The zero-order valence-corrected chi connectivity index (χ0v) is 17.8. The van der Waals surface area contributed by atoms with Crippen molar-refractivity contribution in [1.29, 1.82) is 0 Å². The molecular weight excluding hydrogens is 334 g/mol. The summed E-state index contributed by atoms with van der Waals surface area (Å²) in [6.45, 7) is 11.4. The Bertz CT molecular complexity index is 703. The minimum absolute atomic E-state index is 0.0306. The molecule has 2 saturated carbocycles. The van der Waals surface area contributed by atoms with E-state index in [4.69, 9.17) is 9.72 Å². The van der Waals surface area contributed by atoms with Crippen molar-refractivity contribution in [3.63, 3.8) is 0 Å². The van der Waals surface area contributed by atoms with Crippen LogP contribution < -0.4 is 4.74 Å². The summed E-state index contributed by atoms with van der Waals surface area (Å²) in [6.07, 6.45) is 10.1. The zero-order chi connectivity index (χ0) is 19.4. The van der Waals surface area contributed by atoms with Crippen molar-refractivity contribution in [2.24, 2.45) is 17.8 Å². The molecule has 2 heterocycles. The quantitative estimate of drug-likeness (QED) is 0.660. The number of aromatic hydroxyl groups is 1. The van der Waals surface area contributed by atoms with Gasteiger partial charge in [-0.25, -0.2) is 4.98 Å². The van der Waals surface area contributed by atoms with Crippen LogP contribution in [0.25, 0.3) is 0 Å². The van der Waals surface area contributed by atoms with Crippen LogP contribution in [0.5, 0.6) is 11.6 Å². The number of hydrogen-bond acceptors (Lipinski definition) is 3. The highest BCUT2D eigenvalue weighted by atomic mass is 16.5. The molecule has 3 nitrogen and oxygen atoms in total. The molecule has 0 radical (unpaired) electrons. The molecule has 1 aliphatic heterocycles. The third kappa shape index (κ3) is 3.25. The summed E-state index contributed by atoms with van der Waals surface area (Å²) in [5.41, 5.74) is 1.74. The van der Waals surface area contributed by atoms with Gasteiger partial charge in [-0.05, 0) is 57.3 Å². The summed E-state index contributed by atoms with van der Waals surface area (Å²) in [6, 6.07) is 1.96. The van der Waals surface area contributed by atoms with E-state index in [1.165, 1.54) is 44.9 Å². The Labute approximate surface area is 164 Å². The van der Waals surface area contributed by atoms with Gasteiger partial charge in [0.05, 0.1) is 11.3 Å². The summed E-state index contributed by atoms with van der Waals surface area (Å²) in [7, 11) is 0. The molecule has 2 aliphatic carbocycles. The number of hydrogen-bond donors (Lipinski definition) is 1. The third-order valence-corrected chi connectivity index (χ3v) is 8.02. The molecule has 3 atom stereocenters. The molecule has 27 heavy (non-hydrogen) atoms. The molecular formula is C24H37NO2. The first-order valence-corrected chi connectivity index (χ1v) is 11.1. The molecule has 150 valence electrons. The largest absolute Gasteiger partial charge is 0.507 e. The van der Waals surface area contributed by atoms with E-state index >= 15 is 0 Å². The molecule has 0 saturated heterocycles. The van der Waals surface area contributed by atoms with Gasteiger partial charge in [0.15, 0.2) is 0 Å². The lowest BCUT2D eigenvalue weighted by Gasteiger charge is -2.48. The van der Waals surface area contributed by atoms with Gasteiger partial charge in [-0.15, -0.1) is 0 Å². The van der Waals surface area contributed by atoms with E-state index in [1.54, 1.807) is 0 Å². The van der Waals surface area contributed by atoms with E-state index in [1.807, 2.05) is 6.07 Å². The maximum atomic E-state index is 11.1. The van der Waals surface area contributed by atoms with E-state index < -0.39 is 0 Å². The fourth-order valence-electron chi connectivity index (χ4n) is 6.17. The molecule has 0 aromatic carbocycles. The minimum atomic E-state index is -0.217. The summed E-state index contributed by atoms with van der Waals surface area (Å²) in [4.78, 5) is 5.05. The summed E-state index contributed by atoms with van der Waals surface area (Å²) >= 11 is 0. The smallest absolute Gasteiger partial charge is 0.221 e. The lowest BCUT2D eigenvalue weighted by Crippen LogP contribution is -2.47. The van der Waals surface area contributed by atoms with Crippen LogP contribution >= 0.6 is 0 Å². The van der Waals surface area contributed by atoms with Crippen LogP contribution in [0.4, 0.5) is 0 Å². The van der Waals surface area contributed by atoms with Gasteiger partial charge in [0.2, 0.25) is 5.88 Å². The highest BCUT2D eigenvalue weighted by molar-refractivity contribution is 5.48. The van der Waals surface area contributed by atoms with Gasteiger partial charge < -0.3 is 9.84 Å². The predicted octanol–water partition coefficient (Wildman–Crippen LogP) is 6.34. The predicted molar refractivity (Wildman–Crippen MR) is 109 cm³/mol. The van der Waals surface area contributed by atoms with Gasteiger partial charge >= 0.3 is 0 Å². The van der Waals surface area contributed by atoms with Gasteiger partial charge in [-0.1, -0.05) is 46.5 Å². The van der Waals surface area contributed by atoms with Crippen molar-refractivity contribution in [2.75, 3.05) is 0 Å². The average molecular weight is 372 g/mol. The van der Waals surface area contributed by atoms with Crippen LogP contribution in [0.2, 0.25) is 0 Å². The number of nitrogens with zero attached hydrogens (tertiary/aromatic N) is 1. The molecule has 0 unspecified atom stereocenters. The van der Waals surface area contributed by atoms with E-state index in [0.717, 1.165) is 17.7 Å². The Hall–Kier alpha value is -1.25. The molecule has 2 fully saturated rings. The van der Waals surface area contributed by atoms with Crippen LogP contribution in [0.15, 0.2) is 6.07 Å².